The van der Waals surface area contributed by atoms with E-state index in [1.807, 2.05) is 6.92 Å². The maximum absolute atomic E-state index is 11.9. The Morgan fingerprint density at radius 3 is 3.11 bits per heavy atom. The second-order valence-electron chi connectivity index (χ2n) is 4.03. The number of ether oxygens (including phenoxy) is 1. The van der Waals surface area contributed by atoms with Crippen LogP contribution in [0.5, 0.6) is 0 Å². The highest BCUT2D eigenvalue weighted by atomic mass is 16.5. The Balaban J connectivity index is 2.05. The van der Waals surface area contributed by atoms with E-state index in [9.17, 15) is 4.79 Å². The Kier molecular flexibility index (Phi) is 4.48. The van der Waals surface area contributed by atoms with Gasteiger partial charge in [-0.05, 0) is 25.1 Å². The summed E-state index contributed by atoms with van der Waals surface area (Å²) < 4.78 is 5.15. The topological polar surface area (TPSA) is 87.2 Å². The molecule has 102 valence electrons. The Bertz CT molecular complexity index is 565. The maximum Gasteiger partial charge on any atom is 0.251 e. The Morgan fingerprint density at radius 2 is 2.37 bits per heavy atom. The van der Waals surface area contributed by atoms with Gasteiger partial charge in [-0.2, -0.15) is 0 Å². The van der Waals surface area contributed by atoms with Crippen molar-refractivity contribution in [3.63, 3.8) is 0 Å². The average Bonchev–Trinajstić information content (AvgIpc) is 2.85. The highest BCUT2D eigenvalue weighted by Gasteiger charge is 2.08. The van der Waals surface area contributed by atoms with Gasteiger partial charge in [-0.1, -0.05) is 0 Å². The summed E-state index contributed by atoms with van der Waals surface area (Å²) >= 11 is 0. The number of aromatic nitrogens is 2. The molecule has 2 aromatic rings. The summed E-state index contributed by atoms with van der Waals surface area (Å²) in [6, 6.07) is 5.18. The normalized spacial score (nSPS) is 10.8. The third kappa shape index (κ3) is 3.30. The van der Waals surface area contributed by atoms with Crippen molar-refractivity contribution in [1.82, 2.24) is 15.3 Å². The summed E-state index contributed by atoms with van der Waals surface area (Å²) in [4.78, 5) is 19.0. The number of hydrogen-bond acceptors (Lipinski definition) is 4. The summed E-state index contributed by atoms with van der Waals surface area (Å²) in [6.07, 6.45) is 0. The lowest BCUT2D eigenvalue weighted by atomic mass is 10.2. The first-order valence-corrected chi connectivity index (χ1v) is 6.20. The van der Waals surface area contributed by atoms with Crippen LogP contribution >= 0.6 is 0 Å². The van der Waals surface area contributed by atoms with Crippen molar-refractivity contribution in [1.29, 1.82) is 0 Å². The van der Waals surface area contributed by atoms with Crippen LogP contribution in [0, 0.1) is 0 Å². The first-order valence-electron chi connectivity index (χ1n) is 6.20. The number of nitrogens with zero attached hydrogens (tertiary/aromatic N) is 1. The van der Waals surface area contributed by atoms with E-state index in [0.29, 0.717) is 31.1 Å². The first-order chi connectivity index (χ1) is 9.24. The molecule has 0 saturated heterocycles. The third-order valence-electron chi connectivity index (χ3n) is 2.68. The lowest BCUT2D eigenvalue weighted by molar-refractivity contribution is 0.0922. The van der Waals surface area contributed by atoms with Crippen LogP contribution in [0.2, 0.25) is 0 Å². The zero-order valence-corrected chi connectivity index (χ0v) is 10.8. The minimum atomic E-state index is -0.151. The largest absolute Gasteiger partial charge is 0.388 e. The van der Waals surface area contributed by atoms with E-state index in [1.54, 1.807) is 18.2 Å². The number of H-pyrrole nitrogens is 1. The van der Waals surface area contributed by atoms with E-state index >= 15 is 0 Å². The number of aliphatic hydroxyl groups excluding tert-OH is 1. The minimum Gasteiger partial charge on any atom is -0.388 e. The number of amides is 1. The van der Waals surface area contributed by atoms with Crippen LogP contribution in [-0.2, 0) is 11.3 Å². The molecule has 0 unspecified atom stereocenters. The fraction of sp³-hybridized carbons (Fsp3) is 0.385. The molecule has 0 saturated carbocycles. The number of hydrogen-bond donors (Lipinski definition) is 3. The number of benzene rings is 1. The molecule has 1 aromatic carbocycles. The molecule has 2 rings (SSSR count). The van der Waals surface area contributed by atoms with E-state index in [2.05, 4.69) is 15.3 Å². The van der Waals surface area contributed by atoms with Gasteiger partial charge in [-0.25, -0.2) is 4.98 Å². The molecule has 0 spiro atoms. The van der Waals surface area contributed by atoms with Crippen molar-refractivity contribution in [2.75, 3.05) is 19.8 Å². The highest BCUT2D eigenvalue weighted by Crippen LogP contribution is 2.13. The Labute approximate surface area is 110 Å². The molecule has 0 atom stereocenters. The molecule has 0 aliphatic heterocycles. The molecule has 19 heavy (non-hydrogen) atoms. The van der Waals surface area contributed by atoms with Gasteiger partial charge in [0.1, 0.15) is 12.4 Å². The van der Waals surface area contributed by atoms with Gasteiger partial charge in [0.2, 0.25) is 0 Å². The summed E-state index contributed by atoms with van der Waals surface area (Å²) in [7, 11) is 0. The molecular weight excluding hydrogens is 246 g/mol. The van der Waals surface area contributed by atoms with Crippen LogP contribution in [0.15, 0.2) is 18.2 Å². The standard InChI is InChI=1S/C13H17N3O3/c1-2-19-6-5-14-13(18)9-3-4-10-11(7-9)16-12(8-17)15-10/h3-4,7,17H,2,5-6,8H2,1H3,(H,14,18)(H,15,16). The number of carbonyl (C=O) groups excluding carboxylic acids is 1. The van der Waals surface area contributed by atoms with Gasteiger partial charge in [0.05, 0.1) is 17.6 Å². The average molecular weight is 263 g/mol. The molecule has 0 fully saturated rings. The SMILES string of the molecule is CCOCCNC(=O)c1ccc2nc(CO)[nH]c2c1. The van der Waals surface area contributed by atoms with Gasteiger partial charge in [-0.3, -0.25) is 4.79 Å². The van der Waals surface area contributed by atoms with E-state index < -0.39 is 0 Å². The third-order valence-corrected chi connectivity index (χ3v) is 2.68. The van der Waals surface area contributed by atoms with Crippen molar-refractivity contribution < 1.29 is 14.6 Å². The van der Waals surface area contributed by atoms with E-state index in [-0.39, 0.29) is 12.5 Å². The monoisotopic (exact) mass is 263 g/mol. The number of rotatable bonds is 6. The van der Waals surface area contributed by atoms with E-state index in [0.717, 1.165) is 11.0 Å². The predicted molar refractivity (Wildman–Crippen MR) is 70.8 cm³/mol. The molecule has 0 aliphatic carbocycles. The second kappa shape index (κ2) is 6.31. The smallest absolute Gasteiger partial charge is 0.251 e. The molecule has 0 bridgehead atoms. The molecule has 1 amide bonds. The van der Waals surface area contributed by atoms with Gasteiger partial charge < -0.3 is 20.1 Å². The summed E-state index contributed by atoms with van der Waals surface area (Å²) in [5.74, 6) is 0.339. The minimum absolute atomic E-state index is 0.148. The highest BCUT2D eigenvalue weighted by molar-refractivity contribution is 5.97. The van der Waals surface area contributed by atoms with Crippen molar-refractivity contribution in [3.05, 3.63) is 29.6 Å². The van der Waals surface area contributed by atoms with Crippen molar-refractivity contribution in [3.8, 4) is 0 Å². The Morgan fingerprint density at radius 1 is 1.53 bits per heavy atom. The lowest BCUT2D eigenvalue weighted by Crippen LogP contribution is -2.27. The summed E-state index contributed by atoms with van der Waals surface area (Å²) in [5, 5.41) is 11.8. The zero-order valence-electron chi connectivity index (χ0n) is 10.8. The van der Waals surface area contributed by atoms with Crippen LogP contribution in [0.3, 0.4) is 0 Å². The molecule has 6 heteroatoms. The van der Waals surface area contributed by atoms with Gasteiger partial charge >= 0.3 is 0 Å². The van der Waals surface area contributed by atoms with Crippen molar-refractivity contribution in [2.45, 2.75) is 13.5 Å². The number of nitrogens with one attached hydrogen (secondary N) is 2. The summed E-state index contributed by atoms with van der Waals surface area (Å²) in [5.41, 5.74) is 2.02. The first kappa shape index (κ1) is 13.5. The number of aliphatic hydroxyl groups is 1. The molecule has 0 aliphatic rings. The second-order valence-corrected chi connectivity index (χ2v) is 4.03. The predicted octanol–water partition coefficient (Wildman–Crippen LogP) is 0.821. The fourth-order valence-corrected chi connectivity index (χ4v) is 1.76. The van der Waals surface area contributed by atoms with Gasteiger partial charge in [0, 0.05) is 18.7 Å². The number of aromatic amines is 1. The molecule has 1 aromatic heterocycles. The van der Waals surface area contributed by atoms with Crippen LogP contribution in [0.4, 0.5) is 0 Å². The molecular formula is C13H17N3O3. The quantitative estimate of drug-likeness (QED) is 0.673. The fourth-order valence-electron chi connectivity index (χ4n) is 1.76. The van der Waals surface area contributed by atoms with Crippen molar-refractivity contribution in [2.24, 2.45) is 0 Å². The van der Waals surface area contributed by atoms with Crippen LogP contribution in [-0.4, -0.2) is 40.7 Å². The summed E-state index contributed by atoms with van der Waals surface area (Å²) in [6.45, 7) is 3.38. The molecule has 3 N–H and O–H groups in total. The van der Waals surface area contributed by atoms with E-state index in [1.165, 1.54) is 0 Å². The zero-order chi connectivity index (χ0) is 13.7. The van der Waals surface area contributed by atoms with Crippen LogP contribution in [0.1, 0.15) is 23.1 Å². The molecule has 6 nitrogen and oxygen atoms in total. The number of imidazole rings is 1. The van der Waals surface area contributed by atoms with Gasteiger partial charge in [0.15, 0.2) is 0 Å². The lowest BCUT2D eigenvalue weighted by Gasteiger charge is -2.05. The molecule has 0 radical (unpaired) electrons. The van der Waals surface area contributed by atoms with Gasteiger partial charge in [-0.15, -0.1) is 0 Å². The number of carbonyl (C=O) groups is 1. The van der Waals surface area contributed by atoms with Crippen molar-refractivity contribution >= 4 is 16.9 Å². The van der Waals surface area contributed by atoms with Gasteiger partial charge in [0.25, 0.3) is 5.91 Å². The van der Waals surface area contributed by atoms with E-state index in [4.69, 9.17) is 9.84 Å². The molecule has 1 heterocycles. The maximum atomic E-state index is 11.9. The van der Waals surface area contributed by atoms with Crippen LogP contribution in [0.25, 0.3) is 11.0 Å². The van der Waals surface area contributed by atoms with Crippen LogP contribution < -0.4 is 5.32 Å². The Hall–Kier alpha value is -1.92. The number of fused-ring (bicyclic) bond motifs is 1.